The number of sulfonamides is 1. The highest BCUT2D eigenvalue weighted by atomic mass is 35.5. The number of hydrogen-bond donors (Lipinski definition) is 2. The number of carbonyl (C=O) groups excluding carboxylic acids is 1. The van der Waals surface area contributed by atoms with E-state index in [1.807, 2.05) is 32.9 Å². The second kappa shape index (κ2) is 9.11. The van der Waals surface area contributed by atoms with Crippen LogP contribution in [0.2, 0.25) is 0 Å². The Balaban J connectivity index is 0.00000280. The number of aryl methyl sites for hydroxylation is 3. The summed E-state index contributed by atoms with van der Waals surface area (Å²) in [5.74, 6) is 0.188. The molecule has 0 spiro atoms. The zero-order valence-corrected chi connectivity index (χ0v) is 18.8. The number of amides is 1. The maximum Gasteiger partial charge on any atom is 0.244 e. The van der Waals surface area contributed by atoms with Gasteiger partial charge in [0.1, 0.15) is 6.04 Å². The lowest BCUT2D eigenvalue weighted by Gasteiger charge is -2.32. The maximum absolute atomic E-state index is 13.4. The van der Waals surface area contributed by atoms with Crippen molar-refractivity contribution in [2.24, 2.45) is 5.92 Å². The fourth-order valence-corrected chi connectivity index (χ4v) is 6.56. The van der Waals surface area contributed by atoms with Gasteiger partial charge in [0, 0.05) is 12.6 Å². The standard InChI is InChI=1S/C20H31N3O3S.ClH/c1-13-10-14(2)19(15(3)11-13)27(25,26)23-9-5-6-18(23)20(24)22-17-7-8-21-12-16(17)4;/h10-11,16-18,21H,5-9,12H2,1-4H3,(H,22,24);1H. The minimum Gasteiger partial charge on any atom is -0.352 e. The van der Waals surface area contributed by atoms with Gasteiger partial charge in [-0.15, -0.1) is 12.4 Å². The van der Waals surface area contributed by atoms with E-state index in [9.17, 15) is 13.2 Å². The Morgan fingerprint density at radius 1 is 1.18 bits per heavy atom. The van der Waals surface area contributed by atoms with Crippen LogP contribution in [0.15, 0.2) is 17.0 Å². The van der Waals surface area contributed by atoms with Gasteiger partial charge < -0.3 is 10.6 Å². The molecule has 0 bridgehead atoms. The lowest BCUT2D eigenvalue weighted by molar-refractivity contribution is -0.125. The van der Waals surface area contributed by atoms with E-state index in [1.54, 1.807) is 0 Å². The van der Waals surface area contributed by atoms with Gasteiger partial charge in [-0.1, -0.05) is 24.6 Å². The first-order valence-corrected chi connectivity index (χ1v) is 11.3. The van der Waals surface area contributed by atoms with Gasteiger partial charge in [-0.3, -0.25) is 4.79 Å². The summed E-state index contributed by atoms with van der Waals surface area (Å²) in [7, 11) is -3.71. The first-order valence-electron chi connectivity index (χ1n) is 9.82. The van der Waals surface area contributed by atoms with Crippen molar-refractivity contribution in [3.8, 4) is 0 Å². The van der Waals surface area contributed by atoms with Crippen LogP contribution in [0.4, 0.5) is 0 Å². The van der Waals surface area contributed by atoms with Gasteiger partial charge in [0.25, 0.3) is 0 Å². The molecule has 2 aliphatic rings. The van der Waals surface area contributed by atoms with E-state index in [-0.39, 0.29) is 24.4 Å². The van der Waals surface area contributed by atoms with Crippen LogP contribution < -0.4 is 10.6 Å². The summed E-state index contributed by atoms with van der Waals surface area (Å²) in [5, 5.41) is 6.44. The molecular weight excluding hydrogens is 398 g/mol. The maximum atomic E-state index is 13.4. The van der Waals surface area contributed by atoms with Crippen LogP contribution in [0.3, 0.4) is 0 Å². The van der Waals surface area contributed by atoms with Crippen molar-refractivity contribution in [3.05, 3.63) is 28.8 Å². The van der Waals surface area contributed by atoms with E-state index < -0.39 is 16.1 Å². The van der Waals surface area contributed by atoms with E-state index in [4.69, 9.17) is 0 Å². The third kappa shape index (κ3) is 4.53. The van der Waals surface area contributed by atoms with E-state index in [0.717, 1.165) is 36.2 Å². The average Bonchev–Trinajstić information content (AvgIpc) is 3.06. The summed E-state index contributed by atoms with van der Waals surface area (Å²) in [4.78, 5) is 13.3. The Bertz CT molecular complexity index is 805. The highest BCUT2D eigenvalue weighted by Crippen LogP contribution is 2.31. The van der Waals surface area contributed by atoms with Crippen molar-refractivity contribution in [1.82, 2.24) is 14.9 Å². The number of halogens is 1. The van der Waals surface area contributed by atoms with Crippen molar-refractivity contribution in [2.45, 2.75) is 63.9 Å². The van der Waals surface area contributed by atoms with E-state index >= 15 is 0 Å². The van der Waals surface area contributed by atoms with Gasteiger partial charge in [0.05, 0.1) is 4.90 Å². The third-order valence-corrected chi connectivity index (χ3v) is 8.01. The van der Waals surface area contributed by atoms with E-state index in [1.165, 1.54) is 4.31 Å². The molecule has 0 saturated carbocycles. The van der Waals surface area contributed by atoms with Gasteiger partial charge in [0.15, 0.2) is 0 Å². The minimum atomic E-state index is -3.71. The van der Waals surface area contributed by atoms with Crippen molar-refractivity contribution in [3.63, 3.8) is 0 Å². The number of piperidine rings is 1. The minimum absolute atomic E-state index is 0. The first kappa shape index (κ1) is 23.1. The van der Waals surface area contributed by atoms with E-state index in [2.05, 4.69) is 17.6 Å². The summed E-state index contributed by atoms with van der Waals surface area (Å²) >= 11 is 0. The normalized spacial score (nSPS) is 25.9. The molecule has 2 fully saturated rings. The van der Waals surface area contributed by atoms with Crippen molar-refractivity contribution in [2.75, 3.05) is 19.6 Å². The zero-order chi connectivity index (χ0) is 19.8. The number of nitrogens with zero attached hydrogens (tertiary/aromatic N) is 1. The second-order valence-corrected chi connectivity index (χ2v) is 9.91. The summed E-state index contributed by atoms with van der Waals surface area (Å²) in [5.41, 5.74) is 2.52. The fraction of sp³-hybridized carbons (Fsp3) is 0.650. The Morgan fingerprint density at radius 3 is 2.43 bits per heavy atom. The average molecular weight is 430 g/mol. The van der Waals surface area contributed by atoms with Crippen molar-refractivity contribution >= 4 is 28.3 Å². The molecular formula is C20H32ClN3O3S. The number of hydrogen-bond acceptors (Lipinski definition) is 4. The molecule has 158 valence electrons. The van der Waals surface area contributed by atoms with Gasteiger partial charge in [0.2, 0.25) is 15.9 Å². The molecule has 6 nitrogen and oxygen atoms in total. The summed E-state index contributed by atoms with van der Waals surface area (Å²) in [6, 6.07) is 3.27. The second-order valence-electron chi connectivity index (χ2n) is 8.09. The van der Waals surface area contributed by atoms with Gasteiger partial charge in [-0.2, -0.15) is 4.31 Å². The highest BCUT2D eigenvalue weighted by molar-refractivity contribution is 7.89. The summed E-state index contributed by atoms with van der Waals surface area (Å²) in [6.07, 6.45) is 2.17. The summed E-state index contributed by atoms with van der Waals surface area (Å²) in [6.45, 7) is 9.88. The molecule has 2 saturated heterocycles. The Hall–Kier alpha value is -1.15. The predicted molar refractivity (Wildman–Crippen MR) is 113 cm³/mol. The van der Waals surface area contributed by atoms with Gasteiger partial charge >= 0.3 is 0 Å². The largest absolute Gasteiger partial charge is 0.352 e. The monoisotopic (exact) mass is 429 g/mol. The molecule has 0 radical (unpaired) electrons. The molecule has 0 aromatic heterocycles. The lowest BCUT2D eigenvalue weighted by Crippen LogP contribution is -2.53. The van der Waals surface area contributed by atoms with Crippen LogP contribution in [0.5, 0.6) is 0 Å². The van der Waals surface area contributed by atoms with Crippen LogP contribution in [0.25, 0.3) is 0 Å². The lowest BCUT2D eigenvalue weighted by atomic mass is 9.95. The molecule has 3 unspecified atom stereocenters. The molecule has 3 rings (SSSR count). The van der Waals surface area contributed by atoms with Gasteiger partial charge in [-0.25, -0.2) is 8.42 Å². The van der Waals surface area contributed by atoms with Crippen LogP contribution in [-0.4, -0.2) is 50.3 Å². The zero-order valence-electron chi connectivity index (χ0n) is 17.1. The van der Waals surface area contributed by atoms with Crippen molar-refractivity contribution < 1.29 is 13.2 Å². The highest BCUT2D eigenvalue weighted by Gasteiger charge is 2.41. The first-order chi connectivity index (χ1) is 12.7. The summed E-state index contributed by atoms with van der Waals surface area (Å²) < 4.78 is 28.2. The smallest absolute Gasteiger partial charge is 0.244 e. The number of nitrogens with one attached hydrogen (secondary N) is 2. The van der Waals surface area contributed by atoms with E-state index in [0.29, 0.717) is 30.2 Å². The molecule has 2 aliphatic heterocycles. The Kier molecular flexibility index (Phi) is 7.53. The topological polar surface area (TPSA) is 78.5 Å². The fourth-order valence-electron chi connectivity index (χ4n) is 4.49. The van der Waals surface area contributed by atoms with Crippen LogP contribution >= 0.6 is 12.4 Å². The predicted octanol–water partition coefficient (Wildman–Crippen LogP) is 2.30. The molecule has 28 heavy (non-hydrogen) atoms. The van der Waals surface area contributed by atoms with Crippen LogP contribution in [0, 0.1) is 26.7 Å². The molecule has 1 aromatic rings. The number of rotatable bonds is 4. The van der Waals surface area contributed by atoms with Crippen molar-refractivity contribution in [1.29, 1.82) is 0 Å². The molecule has 8 heteroatoms. The molecule has 1 aromatic carbocycles. The molecule has 0 aliphatic carbocycles. The molecule has 2 N–H and O–H groups in total. The SMILES string of the molecule is Cc1cc(C)c(S(=O)(=O)N2CCCC2C(=O)NC2CCNCC2C)c(C)c1.Cl. The van der Waals surface area contributed by atoms with Crippen LogP contribution in [-0.2, 0) is 14.8 Å². The quantitative estimate of drug-likeness (QED) is 0.769. The Labute approximate surface area is 174 Å². The molecule has 2 heterocycles. The number of carbonyl (C=O) groups is 1. The molecule has 1 amide bonds. The van der Waals surface area contributed by atoms with Crippen LogP contribution in [0.1, 0.15) is 42.9 Å². The third-order valence-electron chi connectivity index (χ3n) is 5.79. The Morgan fingerprint density at radius 2 is 1.82 bits per heavy atom. The molecule has 3 atom stereocenters. The number of benzene rings is 1. The van der Waals surface area contributed by atoms with Gasteiger partial charge in [-0.05, 0) is 70.2 Å².